The average molecular weight is 273 g/mol. The third-order valence-corrected chi connectivity index (χ3v) is 2.66. The highest BCUT2D eigenvalue weighted by atomic mass is 16.6. The van der Waals surface area contributed by atoms with E-state index in [2.05, 4.69) is 0 Å². The van der Waals surface area contributed by atoms with E-state index in [0.29, 0.717) is 17.1 Å². The molecule has 0 fully saturated rings. The number of hydrogen-bond acceptors (Lipinski definition) is 4. The molecule has 0 saturated heterocycles. The molecule has 0 bridgehead atoms. The van der Waals surface area contributed by atoms with Gasteiger partial charge < -0.3 is 9.52 Å². The van der Waals surface area contributed by atoms with Crippen molar-refractivity contribution in [2.75, 3.05) is 0 Å². The van der Waals surface area contributed by atoms with Crippen LogP contribution >= 0.6 is 0 Å². The molecule has 1 aromatic carbocycles. The van der Waals surface area contributed by atoms with Crippen molar-refractivity contribution in [2.24, 2.45) is 0 Å². The molecular formula is C14H11NO5. The van der Waals surface area contributed by atoms with E-state index in [4.69, 9.17) is 9.52 Å². The minimum atomic E-state index is -1.03. The maximum atomic E-state index is 10.9. The van der Waals surface area contributed by atoms with Crippen LogP contribution in [0, 0.1) is 10.1 Å². The Morgan fingerprint density at radius 3 is 2.75 bits per heavy atom. The Labute approximate surface area is 114 Å². The summed E-state index contributed by atoms with van der Waals surface area (Å²) in [6.07, 6.45) is 1.31. The number of benzene rings is 1. The summed E-state index contributed by atoms with van der Waals surface area (Å²) in [5.74, 6) is -0.229. The molecule has 0 aliphatic heterocycles. The predicted molar refractivity (Wildman–Crippen MR) is 71.7 cm³/mol. The Kier molecular flexibility index (Phi) is 3.65. The number of nitrogens with zero attached hydrogens (tertiary/aromatic N) is 1. The molecule has 20 heavy (non-hydrogen) atoms. The molecule has 0 radical (unpaired) electrons. The second kappa shape index (κ2) is 5.40. The molecule has 0 amide bonds. The molecular weight excluding hydrogens is 262 g/mol. The van der Waals surface area contributed by atoms with Crippen LogP contribution in [0.1, 0.15) is 23.0 Å². The van der Waals surface area contributed by atoms with Crippen molar-refractivity contribution in [2.45, 2.75) is 6.92 Å². The largest absolute Gasteiger partial charge is 0.478 e. The first-order valence-electron chi connectivity index (χ1n) is 5.73. The molecule has 0 saturated carbocycles. The van der Waals surface area contributed by atoms with Gasteiger partial charge in [-0.15, -0.1) is 0 Å². The van der Waals surface area contributed by atoms with Crippen LogP contribution in [0.2, 0.25) is 0 Å². The zero-order valence-corrected chi connectivity index (χ0v) is 10.6. The highest BCUT2D eigenvalue weighted by Crippen LogP contribution is 2.24. The summed E-state index contributed by atoms with van der Waals surface area (Å²) in [7, 11) is 0. The van der Waals surface area contributed by atoms with Crippen molar-refractivity contribution in [1.29, 1.82) is 0 Å². The zero-order valence-electron chi connectivity index (χ0n) is 10.6. The Morgan fingerprint density at radius 1 is 1.35 bits per heavy atom. The van der Waals surface area contributed by atoms with E-state index in [1.165, 1.54) is 25.1 Å². The number of carboxylic acids is 1. The van der Waals surface area contributed by atoms with Crippen LogP contribution in [0.25, 0.3) is 17.4 Å². The number of carbonyl (C=O) groups is 1. The van der Waals surface area contributed by atoms with Crippen molar-refractivity contribution >= 4 is 12.0 Å². The second-order valence-corrected chi connectivity index (χ2v) is 4.13. The summed E-state index contributed by atoms with van der Waals surface area (Å²) in [6, 6.07) is 9.51. The summed E-state index contributed by atoms with van der Waals surface area (Å²) in [5.41, 5.74) is 0.714. The van der Waals surface area contributed by atoms with E-state index in [1.54, 1.807) is 24.3 Å². The van der Waals surface area contributed by atoms with Crippen LogP contribution in [0.5, 0.6) is 0 Å². The van der Waals surface area contributed by atoms with E-state index in [-0.39, 0.29) is 11.3 Å². The third kappa shape index (κ3) is 2.92. The summed E-state index contributed by atoms with van der Waals surface area (Å²) in [6.45, 7) is 1.37. The van der Waals surface area contributed by atoms with Crippen molar-refractivity contribution in [3.8, 4) is 11.3 Å². The van der Waals surface area contributed by atoms with Gasteiger partial charge in [0.05, 0.1) is 16.6 Å². The highest BCUT2D eigenvalue weighted by Gasteiger charge is 2.09. The molecule has 0 aliphatic rings. The number of hydrogen-bond donors (Lipinski definition) is 1. The molecule has 0 spiro atoms. The molecule has 0 aliphatic carbocycles. The minimum Gasteiger partial charge on any atom is -0.478 e. The molecule has 0 atom stereocenters. The first kappa shape index (κ1) is 13.5. The molecule has 6 nitrogen and oxygen atoms in total. The van der Waals surface area contributed by atoms with Gasteiger partial charge in [-0.1, -0.05) is 12.1 Å². The summed E-state index contributed by atoms with van der Waals surface area (Å²) in [4.78, 5) is 20.9. The Bertz CT molecular complexity index is 699. The van der Waals surface area contributed by atoms with Gasteiger partial charge in [0.1, 0.15) is 11.5 Å². The van der Waals surface area contributed by atoms with Gasteiger partial charge in [0.25, 0.3) is 0 Å². The predicted octanol–water partition coefficient (Wildman–Crippen LogP) is 3.28. The van der Waals surface area contributed by atoms with Crippen LogP contribution in [-0.2, 0) is 0 Å². The van der Waals surface area contributed by atoms with Crippen molar-refractivity contribution in [3.05, 3.63) is 63.5 Å². The maximum Gasteiger partial charge on any atom is 0.335 e. The summed E-state index contributed by atoms with van der Waals surface area (Å²) in [5, 5.41) is 19.5. The number of nitro groups is 1. The molecule has 2 aromatic rings. The fraction of sp³-hybridized carbons (Fsp3) is 0.0714. The standard InChI is InChI=1S/C14H11NO5/c1-9(15(18)19)7-12-5-6-13(20-12)10-3-2-4-11(8-10)14(16)17/h2-8H,1H3,(H,16,17)/b9-7+. The van der Waals surface area contributed by atoms with Gasteiger partial charge in [0.15, 0.2) is 0 Å². The van der Waals surface area contributed by atoms with Gasteiger partial charge in [-0.05, 0) is 24.3 Å². The van der Waals surface area contributed by atoms with E-state index in [0.717, 1.165) is 0 Å². The normalized spacial score (nSPS) is 11.3. The van der Waals surface area contributed by atoms with Gasteiger partial charge in [0.2, 0.25) is 5.70 Å². The lowest BCUT2D eigenvalue weighted by atomic mass is 10.1. The number of carboxylic acid groups (broad SMARTS) is 1. The third-order valence-electron chi connectivity index (χ3n) is 2.66. The smallest absolute Gasteiger partial charge is 0.335 e. The topological polar surface area (TPSA) is 93.6 Å². The van der Waals surface area contributed by atoms with Gasteiger partial charge >= 0.3 is 5.97 Å². The van der Waals surface area contributed by atoms with E-state index < -0.39 is 10.9 Å². The monoisotopic (exact) mass is 273 g/mol. The average Bonchev–Trinajstić information content (AvgIpc) is 2.87. The SMILES string of the molecule is C/C(=C\c1ccc(-c2cccc(C(=O)O)c2)o1)[N+](=O)[O-]. The van der Waals surface area contributed by atoms with Crippen molar-refractivity contribution in [3.63, 3.8) is 0 Å². The fourth-order valence-electron chi connectivity index (χ4n) is 1.65. The van der Waals surface area contributed by atoms with E-state index in [1.807, 2.05) is 0 Å². The summed E-state index contributed by atoms with van der Waals surface area (Å²) < 4.78 is 5.45. The van der Waals surface area contributed by atoms with E-state index >= 15 is 0 Å². The van der Waals surface area contributed by atoms with Crippen LogP contribution in [0.15, 0.2) is 46.5 Å². The maximum absolute atomic E-state index is 10.9. The minimum absolute atomic E-state index is 0.0369. The lowest BCUT2D eigenvalue weighted by Crippen LogP contribution is -1.95. The Morgan fingerprint density at radius 2 is 2.10 bits per heavy atom. The highest BCUT2D eigenvalue weighted by molar-refractivity contribution is 5.89. The lowest BCUT2D eigenvalue weighted by Gasteiger charge is -1.98. The molecule has 0 unspecified atom stereocenters. The fourth-order valence-corrected chi connectivity index (χ4v) is 1.65. The Hall–Kier alpha value is -2.89. The van der Waals surface area contributed by atoms with Crippen LogP contribution in [-0.4, -0.2) is 16.0 Å². The number of rotatable bonds is 4. The summed E-state index contributed by atoms with van der Waals surface area (Å²) >= 11 is 0. The van der Waals surface area contributed by atoms with Gasteiger partial charge in [-0.25, -0.2) is 4.79 Å². The van der Waals surface area contributed by atoms with E-state index in [9.17, 15) is 14.9 Å². The number of allylic oxidation sites excluding steroid dienone is 1. The molecule has 1 aromatic heterocycles. The van der Waals surface area contributed by atoms with Gasteiger partial charge in [-0.2, -0.15) is 0 Å². The second-order valence-electron chi connectivity index (χ2n) is 4.13. The molecule has 2 rings (SSSR count). The van der Waals surface area contributed by atoms with Gasteiger partial charge in [0, 0.05) is 12.5 Å². The van der Waals surface area contributed by atoms with Gasteiger partial charge in [-0.3, -0.25) is 10.1 Å². The number of furan rings is 1. The Balaban J connectivity index is 2.34. The zero-order chi connectivity index (χ0) is 14.7. The number of aromatic carboxylic acids is 1. The first-order chi connectivity index (χ1) is 9.47. The molecule has 1 heterocycles. The van der Waals surface area contributed by atoms with Crippen LogP contribution in [0.4, 0.5) is 0 Å². The lowest BCUT2D eigenvalue weighted by molar-refractivity contribution is -0.422. The van der Waals surface area contributed by atoms with Crippen LogP contribution < -0.4 is 0 Å². The van der Waals surface area contributed by atoms with Crippen molar-refractivity contribution in [1.82, 2.24) is 0 Å². The van der Waals surface area contributed by atoms with Crippen molar-refractivity contribution < 1.29 is 19.2 Å². The molecule has 6 heteroatoms. The molecule has 1 N–H and O–H groups in total. The van der Waals surface area contributed by atoms with Crippen LogP contribution in [0.3, 0.4) is 0 Å². The molecule has 102 valence electrons. The quantitative estimate of drug-likeness (QED) is 0.681. The first-order valence-corrected chi connectivity index (χ1v) is 5.73.